The molecule has 4 aliphatic rings. The lowest BCUT2D eigenvalue weighted by molar-refractivity contribution is -0.141. The largest absolute Gasteiger partial charge is 0.489 e. The molecule has 3 aromatic rings. The van der Waals surface area contributed by atoms with E-state index < -0.39 is 5.97 Å². The van der Waals surface area contributed by atoms with Crippen LogP contribution in [0.5, 0.6) is 5.75 Å². The number of para-hydroxylation sites is 1. The van der Waals surface area contributed by atoms with Gasteiger partial charge in [0.1, 0.15) is 12.4 Å². The Labute approximate surface area is 257 Å². The molecule has 1 saturated heterocycles. The number of rotatable bonds is 10. The topological polar surface area (TPSA) is 117 Å². The molecular formula is C33H34N2O6S2. The Bertz CT molecular complexity index is 1650. The SMILES string of the molecule is Cc1cccc(COc2ccccc2[C@H]2c3sc(=O)[nH]c3SC3C4CC(C5C(=O)N(CCCCCC(=O)O)C(=O)C45)C32)c1. The summed E-state index contributed by atoms with van der Waals surface area (Å²) < 4.78 is 6.45. The molecular weight excluding hydrogens is 585 g/mol. The average molecular weight is 619 g/mol. The fraction of sp³-hybridized carbons (Fsp3) is 0.455. The molecule has 0 spiro atoms. The summed E-state index contributed by atoms with van der Waals surface area (Å²) in [6, 6.07) is 16.3. The van der Waals surface area contributed by atoms with Crippen molar-refractivity contribution >= 4 is 40.9 Å². The highest BCUT2D eigenvalue weighted by molar-refractivity contribution is 8.00. The normalized spacial score (nSPS) is 28.6. The van der Waals surface area contributed by atoms with E-state index in [0.717, 1.165) is 33.2 Å². The number of thiazole rings is 1. The Morgan fingerprint density at radius 2 is 1.81 bits per heavy atom. The van der Waals surface area contributed by atoms with Gasteiger partial charge < -0.3 is 14.8 Å². The zero-order valence-electron chi connectivity index (χ0n) is 23.9. The zero-order chi connectivity index (χ0) is 29.8. The van der Waals surface area contributed by atoms with E-state index in [1.165, 1.54) is 21.8 Å². The first-order valence-corrected chi connectivity index (χ1v) is 16.8. The molecule has 2 aliphatic carbocycles. The van der Waals surface area contributed by atoms with Crippen molar-refractivity contribution in [3.63, 3.8) is 0 Å². The first kappa shape index (κ1) is 28.4. The summed E-state index contributed by atoms with van der Waals surface area (Å²) in [6.45, 7) is 2.84. The van der Waals surface area contributed by atoms with Gasteiger partial charge in [-0.25, -0.2) is 0 Å². The fourth-order valence-corrected chi connectivity index (χ4v) is 11.1. The molecule has 8 nitrogen and oxygen atoms in total. The van der Waals surface area contributed by atoms with Gasteiger partial charge in [0.25, 0.3) is 0 Å². The first-order valence-electron chi connectivity index (χ1n) is 15.1. The van der Waals surface area contributed by atoms with E-state index >= 15 is 0 Å². The molecule has 0 radical (unpaired) electrons. The van der Waals surface area contributed by atoms with Crippen molar-refractivity contribution in [2.45, 2.75) is 61.8 Å². The summed E-state index contributed by atoms with van der Waals surface area (Å²) in [4.78, 5) is 56.4. The predicted molar refractivity (Wildman–Crippen MR) is 163 cm³/mol. The number of benzene rings is 2. The lowest BCUT2D eigenvalue weighted by Crippen LogP contribution is -2.42. The Hall–Kier alpha value is -3.37. The maximum absolute atomic E-state index is 13.8. The molecule has 6 unspecified atom stereocenters. The smallest absolute Gasteiger partial charge is 0.305 e. The standard InChI is InChI=1S/C33H34N2O6S2/c1-17-8-7-9-18(14-17)16-41-22-11-5-4-10-19(22)24-25-20-15-21(28(25)42-30-29(24)43-33(40)34-30)27-26(20)31(38)35(32(27)39)13-6-2-3-12-23(36)37/h4-5,7-11,14,20-21,24-28H,2-3,6,12-13,15-16H2,1H3,(H,34,40)(H,36,37)/t20?,21?,24-,25?,26?,27?,28?/m1/s1. The summed E-state index contributed by atoms with van der Waals surface area (Å²) in [6.07, 6.45) is 2.76. The molecule has 2 aliphatic heterocycles. The molecule has 10 heteroatoms. The second-order valence-corrected chi connectivity index (χ2v) is 14.5. The van der Waals surface area contributed by atoms with Crippen LogP contribution >= 0.6 is 23.1 Å². The number of thioether (sulfide) groups is 1. The summed E-state index contributed by atoms with van der Waals surface area (Å²) in [7, 11) is 0. The van der Waals surface area contributed by atoms with E-state index in [-0.39, 0.29) is 63.9 Å². The second-order valence-electron chi connectivity index (χ2n) is 12.3. The molecule has 2 saturated carbocycles. The molecule has 43 heavy (non-hydrogen) atoms. The number of nitrogens with one attached hydrogen (secondary N) is 1. The first-order chi connectivity index (χ1) is 20.8. The number of nitrogens with zero attached hydrogens (tertiary/aromatic N) is 1. The number of aromatic nitrogens is 1. The molecule has 7 atom stereocenters. The van der Waals surface area contributed by atoms with Crippen LogP contribution in [-0.2, 0) is 21.0 Å². The van der Waals surface area contributed by atoms with Gasteiger partial charge in [-0.15, -0.1) is 11.8 Å². The van der Waals surface area contributed by atoms with Crippen LogP contribution in [0.15, 0.2) is 58.4 Å². The molecule has 3 heterocycles. The van der Waals surface area contributed by atoms with Crippen molar-refractivity contribution in [2.24, 2.45) is 29.6 Å². The van der Waals surface area contributed by atoms with Gasteiger partial charge >= 0.3 is 10.8 Å². The number of carboxylic acid groups (broad SMARTS) is 1. The van der Waals surface area contributed by atoms with Gasteiger partial charge in [-0.1, -0.05) is 65.8 Å². The van der Waals surface area contributed by atoms with E-state index in [4.69, 9.17) is 9.84 Å². The number of imide groups is 1. The van der Waals surface area contributed by atoms with Crippen LogP contribution < -0.4 is 9.61 Å². The quantitative estimate of drug-likeness (QED) is 0.230. The van der Waals surface area contributed by atoms with Crippen molar-refractivity contribution < 1.29 is 24.2 Å². The number of aliphatic carboxylic acids is 1. The lowest BCUT2D eigenvalue weighted by atomic mass is 9.68. The highest BCUT2D eigenvalue weighted by Crippen LogP contribution is 2.69. The van der Waals surface area contributed by atoms with Crippen molar-refractivity contribution in [3.8, 4) is 5.75 Å². The average Bonchev–Trinajstić information content (AvgIpc) is 3.71. The van der Waals surface area contributed by atoms with Crippen LogP contribution in [0.4, 0.5) is 0 Å². The molecule has 2 amide bonds. The monoisotopic (exact) mass is 618 g/mol. The molecule has 7 rings (SSSR count). The van der Waals surface area contributed by atoms with Gasteiger partial charge in [-0.2, -0.15) is 0 Å². The van der Waals surface area contributed by atoms with Crippen molar-refractivity contribution in [3.05, 3.63) is 79.8 Å². The van der Waals surface area contributed by atoms with Crippen molar-refractivity contribution in [1.82, 2.24) is 9.88 Å². The third-order valence-corrected chi connectivity index (χ3v) is 12.4. The predicted octanol–water partition coefficient (Wildman–Crippen LogP) is 5.44. The third kappa shape index (κ3) is 4.92. The highest BCUT2D eigenvalue weighted by atomic mass is 32.2. The number of hydrogen-bond acceptors (Lipinski definition) is 7. The third-order valence-electron chi connectivity index (χ3n) is 9.82. The van der Waals surface area contributed by atoms with Gasteiger partial charge in [0, 0.05) is 34.6 Å². The van der Waals surface area contributed by atoms with Gasteiger partial charge in [0.05, 0.1) is 16.9 Å². The number of H-pyrrole nitrogens is 1. The highest BCUT2D eigenvalue weighted by Gasteiger charge is 2.69. The number of carbonyl (C=O) groups is 3. The summed E-state index contributed by atoms with van der Waals surface area (Å²) in [5.74, 6) is -0.728. The van der Waals surface area contributed by atoms with Gasteiger partial charge in [-0.05, 0) is 55.6 Å². The van der Waals surface area contributed by atoms with E-state index in [1.54, 1.807) is 11.8 Å². The molecule has 224 valence electrons. The minimum atomic E-state index is -0.828. The summed E-state index contributed by atoms with van der Waals surface area (Å²) >= 11 is 2.93. The van der Waals surface area contributed by atoms with Crippen LogP contribution in [0.1, 0.15) is 59.6 Å². The number of hydrogen-bond donors (Lipinski definition) is 2. The fourth-order valence-electron chi connectivity index (χ4n) is 8.20. The van der Waals surface area contributed by atoms with Gasteiger partial charge in [-0.3, -0.25) is 24.1 Å². The summed E-state index contributed by atoms with van der Waals surface area (Å²) in [5.41, 5.74) is 3.28. The maximum atomic E-state index is 13.8. The second kappa shape index (κ2) is 11.3. The number of amides is 2. The molecule has 2 bridgehead atoms. The minimum Gasteiger partial charge on any atom is -0.489 e. The summed E-state index contributed by atoms with van der Waals surface area (Å²) in [5, 5.41) is 9.91. The molecule has 1 aromatic heterocycles. The maximum Gasteiger partial charge on any atom is 0.305 e. The van der Waals surface area contributed by atoms with E-state index in [1.807, 2.05) is 24.3 Å². The van der Waals surface area contributed by atoms with Crippen LogP contribution in [0.2, 0.25) is 0 Å². The zero-order valence-corrected chi connectivity index (χ0v) is 25.5. The van der Waals surface area contributed by atoms with Crippen LogP contribution in [-0.4, -0.2) is 44.6 Å². The van der Waals surface area contributed by atoms with Crippen molar-refractivity contribution in [2.75, 3.05) is 6.54 Å². The number of likely N-dealkylation sites (tertiary alicyclic amines) is 1. The van der Waals surface area contributed by atoms with E-state index in [9.17, 15) is 19.2 Å². The Morgan fingerprint density at radius 1 is 1.02 bits per heavy atom. The van der Waals surface area contributed by atoms with Gasteiger partial charge in [0.2, 0.25) is 11.8 Å². The molecule has 3 fully saturated rings. The Morgan fingerprint density at radius 3 is 2.60 bits per heavy atom. The lowest BCUT2D eigenvalue weighted by Gasteiger charge is -2.43. The molecule has 2 N–H and O–H groups in total. The number of aryl methyl sites for hydroxylation is 1. The van der Waals surface area contributed by atoms with Crippen molar-refractivity contribution in [1.29, 1.82) is 0 Å². The van der Waals surface area contributed by atoms with E-state index in [0.29, 0.717) is 32.4 Å². The number of ether oxygens (including phenoxy) is 1. The number of unbranched alkanes of at least 4 members (excludes halogenated alkanes) is 2. The number of carboxylic acids is 1. The minimum absolute atomic E-state index is 0.0427. The number of aromatic amines is 1. The van der Waals surface area contributed by atoms with Crippen LogP contribution in [0.3, 0.4) is 0 Å². The van der Waals surface area contributed by atoms with Crippen LogP contribution in [0.25, 0.3) is 0 Å². The van der Waals surface area contributed by atoms with Crippen LogP contribution in [0, 0.1) is 36.5 Å². The Balaban J connectivity index is 1.18. The van der Waals surface area contributed by atoms with E-state index in [2.05, 4.69) is 36.2 Å². The Kier molecular flexibility index (Phi) is 7.45. The number of fused-ring (bicyclic) bond motifs is 9. The number of carbonyl (C=O) groups excluding carboxylic acids is 2. The van der Waals surface area contributed by atoms with Gasteiger partial charge in [0.15, 0.2) is 0 Å². The molecule has 2 aromatic carbocycles.